The van der Waals surface area contributed by atoms with E-state index < -0.39 is 5.97 Å². The van der Waals surface area contributed by atoms with Gasteiger partial charge in [0.15, 0.2) is 0 Å². The molecule has 4 rings (SSSR count). The minimum absolute atomic E-state index is 0. The first-order valence-electron chi connectivity index (χ1n) is 9.89. The number of phenolic OH excluding ortho intramolecular Hbond substituents is 1. The molecular weight excluding hydrogens is 475 g/mol. The molecule has 176 valence electrons. The van der Waals surface area contributed by atoms with Gasteiger partial charge in [0.25, 0.3) is 0 Å². The number of phenols is 1. The molecule has 2 aromatic heterocycles. The summed E-state index contributed by atoms with van der Waals surface area (Å²) in [6, 6.07) is 5.59. The van der Waals surface area contributed by atoms with Crippen molar-refractivity contribution in [3.63, 3.8) is 0 Å². The zero-order valence-electron chi connectivity index (χ0n) is 18.0. The summed E-state index contributed by atoms with van der Waals surface area (Å²) < 4.78 is 1.97. The highest BCUT2D eigenvalue weighted by molar-refractivity contribution is 6.08. The number of aromatic hydroxyl groups is 1. The van der Waals surface area contributed by atoms with Crippen molar-refractivity contribution < 1.29 is 15.0 Å². The van der Waals surface area contributed by atoms with E-state index in [9.17, 15) is 15.0 Å². The van der Waals surface area contributed by atoms with Crippen LogP contribution in [0.25, 0.3) is 22.0 Å². The van der Waals surface area contributed by atoms with E-state index in [0.717, 1.165) is 42.7 Å². The van der Waals surface area contributed by atoms with Crippen LogP contribution in [0.1, 0.15) is 34.5 Å². The fourth-order valence-electron chi connectivity index (χ4n) is 4.37. The van der Waals surface area contributed by atoms with Crippen molar-refractivity contribution in [2.45, 2.75) is 25.9 Å². The number of aromatic nitrogens is 2. The van der Waals surface area contributed by atoms with Crippen molar-refractivity contribution in [2.75, 3.05) is 20.1 Å². The Morgan fingerprint density at radius 2 is 1.91 bits per heavy atom. The van der Waals surface area contributed by atoms with Crippen molar-refractivity contribution in [3.05, 3.63) is 47.4 Å². The number of nitrogens with one attached hydrogen (secondary N) is 1. The standard InChI is InChI=1S/C22H26N4O3.3ClH/c1-23-12-16-19-17(10-15(21(16)27)14-6-5-7-24-11-14)25(2)18(20(19)22(28)29)13-26-8-3-4-9-26;;;/h5-7,10-11,23,27H,3-4,8-9,12-13H2,1-2H3,(H,28,29);3*1H. The van der Waals surface area contributed by atoms with Crippen molar-refractivity contribution in [3.8, 4) is 16.9 Å². The SMILES string of the molecule is CNCc1c(O)c(-c2cccnc2)cc2c1c(C(=O)O)c(CN1CCCC1)n2C.Cl.Cl.Cl. The first kappa shape index (κ1) is 28.0. The molecule has 0 bridgehead atoms. The van der Waals surface area contributed by atoms with Gasteiger partial charge in [-0.1, -0.05) is 6.07 Å². The quantitative estimate of drug-likeness (QED) is 0.466. The van der Waals surface area contributed by atoms with Gasteiger partial charge in [-0.25, -0.2) is 4.79 Å². The number of rotatable bonds is 6. The first-order valence-corrected chi connectivity index (χ1v) is 9.89. The fourth-order valence-corrected chi connectivity index (χ4v) is 4.37. The third kappa shape index (κ3) is 4.97. The van der Waals surface area contributed by atoms with E-state index in [1.54, 1.807) is 19.4 Å². The fraction of sp³-hybridized carbons (Fsp3) is 0.364. The minimum Gasteiger partial charge on any atom is -0.507 e. The van der Waals surface area contributed by atoms with Crippen LogP contribution in [0.2, 0.25) is 0 Å². The van der Waals surface area contributed by atoms with Crippen molar-refractivity contribution in [2.24, 2.45) is 7.05 Å². The van der Waals surface area contributed by atoms with Crippen LogP contribution in [0.15, 0.2) is 30.6 Å². The van der Waals surface area contributed by atoms with Crippen LogP contribution in [0.5, 0.6) is 5.75 Å². The Balaban J connectivity index is 0.00000171. The summed E-state index contributed by atoms with van der Waals surface area (Å²) in [5.74, 6) is -0.864. The van der Waals surface area contributed by atoms with Crippen LogP contribution in [-0.4, -0.2) is 50.8 Å². The van der Waals surface area contributed by atoms with Crippen LogP contribution in [0.3, 0.4) is 0 Å². The Labute approximate surface area is 206 Å². The number of halogens is 3. The topological polar surface area (TPSA) is 90.6 Å². The average molecular weight is 504 g/mol. The van der Waals surface area contributed by atoms with E-state index in [1.807, 2.05) is 29.8 Å². The van der Waals surface area contributed by atoms with Gasteiger partial charge in [0, 0.05) is 60.3 Å². The van der Waals surface area contributed by atoms with Gasteiger partial charge >= 0.3 is 5.97 Å². The summed E-state index contributed by atoms with van der Waals surface area (Å²) in [4.78, 5) is 18.8. The number of pyridine rings is 1. The molecule has 0 saturated carbocycles. The Morgan fingerprint density at radius 1 is 1.22 bits per heavy atom. The highest BCUT2D eigenvalue weighted by Gasteiger charge is 2.28. The minimum atomic E-state index is -0.962. The Hall–Kier alpha value is -2.03. The summed E-state index contributed by atoms with van der Waals surface area (Å²) in [5.41, 5.74) is 3.91. The van der Waals surface area contributed by atoms with Gasteiger partial charge in [-0.05, 0) is 45.1 Å². The molecule has 1 saturated heterocycles. The molecule has 3 heterocycles. The lowest BCUT2D eigenvalue weighted by Crippen LogP contribution is -2.21. The lowest BCUT2D eigenvalue weighted by molar-refractivity contribution is 0.0696. The summed E-state index contributed by atoms with van der Waals surface area (Å²) in [5, 5.41) is 24.8. The molecule has 7 nitrogen and oxygen atoms in total. The predicted molar refractivity (Wildman–Crippen MR) is 134 cm³/mol. The average Bonchev–Trinajstić information content (AvgIpc) is 3.32. The molecular formula is C22H29Cl3N4O3. The van der Waals surface area contributed by atoms with Gasteiger partial charge in [0.2, 0.25) is 0 Å². The number of aromatic carboxylic acids is 1. The molecule has 0 spiro atoms. The molecule has 3 aromatic rings. The number of benzene rings is 1. The maximum Gasteiger partial charge on any atom is 0.338 e. The molecule has 0 atom stereocenters. The van der Waals surface area contributed by atoms with E-state index in [4.69, 9.17) is 0 Å². The Morgan fingerprint density at radius 3 is 2.47 bits per heavy atom. The number of hydrogen-bond acceptors (Lipinski definition) is 5. The van der Waals surface area contributed by atoms with E-state index in [0.29, 0.717) is 29.6 Å². The number of nitrogens with zero attached hydrogens (tertiary/aromatic N) is 3. The van der Waals surface area contributed by atoms with E-state index >= 15 is 0 Å². The molecule has 1 aliphatic heterocycles. The largest absolute Gasteiger partial charge is 0.507 e. The van der Waals surface area contributed by atoms with E-state index in [1.165, 1.54) is 0 Å². The van der Waals surface area contributed by atoms with Crippen molar-refractivity contribution in [1.29, 1.82) is 0 Å². The molecule has 1 fully saturated rings. The lowest BCUT2D eigenvalue weighted by atomic mass is 9.96. The van der Waals surface area contributed by atoms with Gasteiger partial charge < -0.3 is 20.1 Å². The molecule has 0 unspecified atom stereocenters. The summed E-state index contributed by atoms with van der Waals surface area (Å²) >= 11 is 0. The molecule has 3 N–H and O–H groups in total. The Kier molecular flexibility index (Phi) is 10.3. The monoisotopic (exact) mass is 502 g/mol. The molecule has 10 heteroatoms. The number of carbonyl (C=O) groups is 1. The van der Waals surface area contributed by atoms with E-state index in [2.05, 4.69) is 15.2 Å². The van der Waals surface area contributed by atoms with Crippen LogP contribution in [-0.2, 0) is 20.1 Å². The molecule has 0 aliphatic carbocycles. The third-order valence-electron chi connectivity index (χ3n) is 5.80. The molecule has 0 radical (unpaired) electrons. The number of likely N-dealkylation sites (tertiary alicyclic amines) is 1. The first-order chi connectivity index (χ1) is 14.0. The maximum atomic E-state index is 12.3. The maximum absolute atomic E-state index is 12.3. The summed E-state index contributed by atoms with van der Waals surface area (Å²) in [6.45, 7) is 2.92. The lowest BCUT2D eigenvalue weighted by Gasteiger charge is -2.16. The molecule has 0 amide bonds. The van der Waals surface area contributed by atoms with Gasteiger partial charge in [0.05, 0.1) is 11.1 Å². The van der Waals surface area contributed by atoms with Crippen molar-refractivity contribution >= 4 is 54.1 Å². The number of fused-ring (bicyclic) bond motifs is 1. The molecule has 1 aromatic carbocycles. The van der Waals surface area contributed by atoms with E-state index in [-0.39, 0.29) is 48.5 Å². The van der Waals surface area contributed by atoms with Crippen molar-refractivity contribution in [1.82, 2.24) is 19.8 Å². The second-order valence-corrected chi connectivity index (χ2v) is 7.59. The number of carboxylic acids is 1. The van der Waals surface area contributed by atoms with Gasteiger partial charge in [0.1, 0.15) is 5.75 Å². The third-order valence-corrected chi connectivity index (χ3v) is 5.80. The smallest absolute Gasteiger partial charge is 0.338 e. The van der Waals surface area contributed by atoms with Crippen LogP contribution in [0.4, 0.5) is 0 Å². The molecule has 1 aliphatic rings. The highest BCUT2D eigenvalue weighted by Crippen LogP contribution is 2.41. The van der Waals surface area contributed by atoms with Crippen LogP contribution >= 0.6 is 37.2 Å². The predicted octanol–water partition coefficient (Wildman–Crippen LogP) is 4.22. The normalized spacial score (nSPS) is 13.3. The summed E-state index contributed by atoms with van der Waals surface area (Å²) in [7, 11) is 3.70. The highest BCUT2D eigenvalue weighted by atomic mass is 35.5. The van der Waals surface area contributed by atoms with Crippen LogP contribution in [0, 0.1) is 0 Å². The molecule has 32 heavy (non-hydrogen) atoms. The zero-order chi connectivity index (χ0) is 20.5. The second kappa shape index (κ2) is 11.7. The van der Waals surface area contributed by atoms with Crippen LogP contribution < -0.4 is 5.32 Å². The second-order valence-electron chi connectivity index (χ2n) is 7.59. The zero-order valence-corrected chi connectivity index (χ0v) is 20.4. The van der Waals surface area contributed by atoms with Gasteiger partial charge in [-0.15, -0.1) is 37.2 Å². The number of hydrogen-bond donors (Lipinski definition) is 3. The Bertz CT molecular complexity index is 1070. The number of aryl methyl sites for hydroxylation is 1. The summed E-state index contributed by atoms with van der Waals surface area (Å²) in [6.07, 6.45) is 5.68. The van der Waals surface area contributed by atoms with Gasteiger partial charge in [-0.2, -0.15) is 0 Å². The van der Waals surface area contributed by atoms with Gasteiger partial charge in [-0.3, -0.25) is 9.88 Å². The number of carboxylic acid groups (broad SMARTS) is 1.